The predicted octanol–water partition coefficient (Wildman–Crippen LogP) is 4.98. The van der Waals surface area contributed by atoms with Gasteiger partial charge < -0.3 is 15.4 Å². The molecule has 2 heterocycles. The Kier molecular flexibility index (Phi) is 6.55. The molecule has 1 aliphatic heterocycles. The van der Waals surface area contributed by atoms with E-state index in [4.69, 9.17) is 4.74 Å². The largest absolute Gasteiger partial charge is 0.497 e. The zero-order valence-electron chi connectivity index (χ0n) is 21.8. The van der Waals surface area contributed by atoms with Gasteiger partial charge in [-0.25, -0.2) is 0 Å². The Bertz CT molecular complexity index is 1550. The van der Waals surface area contributed by atoms with E-state index < -0.39 is 5.91 Å². The summed E-state index contributed by atoms with van der Waals surface area (Å²) < 4.78 is 5.40. The summed E-state index contributed by atoms with van der Waals surface area (Å²) in [6.45, 7) is 5.94. The van der Waals surface area contributed by atoms with Crippen LogP contribution in [0.5, 0.6) is 5.75 Å². The first-order valence-corrected chi connectivity index (χ1v) is 12.3. The molecule has 8 heteroatoms. The fraction of sp³-hybridized carbons (Fsp3) is 0.200. The lowest BCUT2D eigenvalue weighted by atomic mass is 9.85. The zero-order chi connectivity index (χ0) is 26.9. The molecule has 0 fully saturated rings. The molecule has 0 bridgehead atoms. The lowest BCUT2D eigenvalue weighted by molar-refractivity contribution is 0.101. The summed E-state index contributed by atoms with van der Waals surface area (Å²) in [5.41, 5.74) is 5.04. The summed E-state index contributed by atoms with van der Waals surface area (Å²) >= 11 is 0. The number of para-hydroxylation sites is 1. The van der Waals surface area contributed by atoms with Crippen LogP contribution in [0.25, 0.3) is 11.4 Å². The highest BCUT2D eigenvalue weighted by Gasteiger charge is 2.28. The summed E-state index contributed by atoms with van der Waals surface area (Å²) in [7, 11) is 1.62. The average Bonchev–Trinajstić information content (AvgIpc) is 3.30. The van der Waals surface area contributed by atoms with Crippen molar-refractivity contribution in [2.24, 2.45) is 0 Å². The number of hydrogen-bond acceptors (Lipinski definition) is 6. The van der Waals surface area contributed by atoms with E-state index in [9.17, 15) is 9.59 Å². The van der Waals surface area contributed by atoms with Crippen molar-refractivity contribution >= 4 is 23.1 Å². The molecular weight excluding hydrogens is 478 g/mol. The fourth-order valence-corrected chi connectivity index (χ4v) is 4.57. The molecule has 0 spiro atoms. The van der Waals surface area contributed by atoms with Crippen LogP contribution in [-0.2, 0) is 6.42 Å². The number of aromatic nitrogens is 3. The van der Waals surface area contributed by atoms with Crippen molar-refractivity contribution in [3.8, 4) is 11.4 Å². The van der Waals surface area contributed by atoms with Crippen LogP contribution < -0.4 is 15.4 Å². The number of aryl methyl sites for hydroxylation is 1. The third kappa shape index (κ3) is 5.20. The molecule has 4 aromatic rings. The quantitative estimate of drug-likeness (QED) is 0.282. The van der Waals surface area contributed by atoms with Crippen molar-refractivity contribution in [1.82, 2.24) is 20.3 Å². The second-order valence-electron chi connectivity index (χ2n) is 9.92. The molecule has 5 rings (SSSR count). The maximum absolute atomic E-state index is 13.3. The highest BCUT2D eigenvalue weighted by Crippen LogP contribution is 2.32. The Labute approximate surface area is 221 Å². The molecule has 0 radical (unpaired) electrons. The minimum atomic E-state index is -0.399. The maximum atomic E-state index is 13.3. The molecule has 0 aliphatic carbocycles. The van der Waals surface area contributed by atoms with Gasteiger partial charge in [-0.05, 0) is 69.2 Å². The number of nitrogens with one attached hydrogen (secondary N) is 2. The number of carbonyl (C=O) groups excluding carboxylic acids is 2. The molecule has 1 aromatic heterocycles. The Morgan fingerprint density at radius 3 is 2.58 bits per heavy atom. The van der Waals surface area contributed by atoms with E-state index in [-0.39, 0.29) is 17.0 Å². The summed E-state index contributed by atoms with van der Waals surface area (Å²) in [5, 5.41) is 15.1. The van der Waals surface area contributed by atoms with E-state index in [0.29, 0.717) is 16.9 Å². The van der Waals surface area contributed by atoms with Crippen LogP contribution >= 0.6 is 0 Å². The van der Waals surface area contributed by atoms with Crippen LogP contribution in [0.3, 0.4) is 0 Å². The fourth-order valence-electron chi connectivity index (χ4n) is 4.57. The van der Waals surface area contributed by atoms with Gasteiger partial charge in [-0.3, -0.25) is 9.59 Å². The van der Waals surface area contributed by atoms with Gasteiger partial charge in [-0.1, -0.05) is 36.4 Å². The van der Waals surface area contributed by atoms with Crippen LogP contribution in [-0.4, -0.2) is 39.3 Å². The summed E-state index contributed by atoms with van der Waals surface area (Å²) in [6.07, 6.45) is 2.43. The molecule has 1 amide bonds. The summed E-state index contributed by atoms with van der Waals surface area (Å²) in [6, 6.07) is 22.2. The van der Waals surface area contributed by atoms with Crippen molar-refractivity contribution in [2.75, 3.05) is 12.4 Å². The lowest BCUT2D eigenvalue weighted by Gasteiger charge is -2.35. The van der Waals surface area contributed by atoms with E-state index in [2.05, 4.69) is 34.7 Å². The first-order valence-electron chi connectivity index (χ1n) is 12.3. The van der Waals surface area contributed by atoms with Crippen LogP contribution in [0.2, 0.25) is 0 Å². The van der Waals surface area contributed by atoms with Crippen LogP contribution in [0.15, 0.2) is 78.9 Å². The van der Waals surface area contributed by atoms with E-state index >= 15 is 0 Å². The number of allylic oxidation sites excluding steroid dienone is 1. The number of nitrogens with zero attached hydrogens (tertiary/aromatic N) is 3. The van der Waals surface area contributed by atoms with Gasteiger partial charge in [0, 0.05) is 34.1 Å². The van der Waals surface area contributed by atoms with Gasteiger partial charge in [0.2, 0.25) is 0 Å². The second kappa shape index (κ2) is 9.97. The number of hydrogen-bond donors (Lipinski definition) is 2. The Morgan fingerprint density at radius 2 is 1.82 bits per heavy atom. The van der Waals surface area contributed by atoms with E-state index in [1.807, 2.05) is 48.5 Å². The third-order valence-corrected chi connectivity index (χ3v) is 6.38. The highest BCUT2D eigenvalue weighted by atomic mass is 16.5. The predicted molar refractivity (Wildman–Crippen MR) is 147 cm³/mol. The molecule has 1 aliphatic rings. The number of rotatable bonds is 6. The van der Waals surface area contributed by atoms with E-state index in [0.717, 1.165) is 34.7 Å². The monoisotopic (exact) mass is 507 g/mol. The van der Waals surface area contributed by atoms with Crippen molar-refractivity contribution in [3.63, 3.8) is 0 Å². The van der Waals surface area contributed by atoms with E-state index in [1.54, 1.807) is 44.4 Å². The standard InChI is InChI=1S/C30H29N5O3/c1-19-28(34-35(33-19)23-11-6-5-7-12-23)29(37)31-22-10-8-9-20(15-22)27(36)17-26-25-16-24(38-4)14-13-21(25)18-30(2,3)32-26/h5-17,32H,18H2,1-4H3,(H,31,37)/b26-17-. The van der Waals surface area contributed by atoms with Crippen molar-refractivity contribution in [1.29, 1.82) is 0 Å². The van der Waals surface area contributed by atoms with Crippen molar-refractivity contribution < 1.29 is 14.3 Å². The zero-order valence-corrected chi connectivity index (χ0v) is 21.8. The van der Waals surface area contributed by atoms with E-state index in [1.165, 1.54) is 4.80 Å². The first kappa shape index (κ1) is 25.0. The van der Waals surface area contributed by atoms with Crippen LogP contribution in [0.1, 0.15) is 51.5 Å². The molecule has 0 unspecified atom stereocenters. The molecule has 0 saturated carbocycles. The number of anilines is 1. The average molecular weight is 508 g/mol. The normalized spacial score (nSPS) is 14.9. The van der Waals surface area contributed by atoms with Gasteiger partial charge in [0.15, 0.2) is 11.5 Å². The second-order valence-corrected chi connectivity index (χ2v) is 9.92. The van der Waals surface area contributed by atoms with Gasteiger partial charge in [-0.2, -0.15) is 9.90 Å². The highest BCUT2D eigenvalue weighted by molar-refractivity contribution is 6.10. The van der Waals surface area contributed by atoms with Gasteiger partial charge in [-0.15, -0.1) is 5.10 Å². The lowest BCUT2D eigenvalue weighted by Crippen LogP contribution is -2.43. The number of methoxy groups -OCH3 is 1. The molecule has 192 valence electrons. The molecule has 8 nitrogen and oxygen atoms in total. The summed E-state index contributed by atoms with van der Waals surface area (Å²) in [4.78, 5) is 27.8. The number of carbonyl (C=O) groups is 2. The Balaban J connectivity index is 1.38. The number of benzene rings is 3. The van der Waals surface area contributed by atoms with Crippen LogP contribution in [0, 0.1) is 6.92 Å². The summed E-state index contributed by atoms with van der Waals surface area (Å²) in [5.74, 6) is 0.151. The number of ketones is 1. The van der Waals surface area contributed by atoms with Crippen molar-refractivity contribution in [2.45, 2.75) is 32.7 Å². The molecular formula is C30H29N5O3. The van der Waals surface area contributed by atoms with Crippen molar-refractivity contribution in [3.05, 3.63) is 107 Å². The molecule has 38 heavy (non-hydrogen) atoms. The topological polar surface area (TPSA) is 98.1 Å². The molecule has 0 atom stereocenters. The molecule has 2 N–H and O–H groups in total. The SMILES string of the molecule is COc1ccc2c(c1)/C(=C/C(=O)c1cccc(NC(=O)c3nn(-c4ccccc4)nc3C)c1)NC(C)(C)C2. The molecule has 3 aromatic carbocycles. The maximum Gasteiger partial charge on any atom is 0.278 e. The minimum absolute atomic E-state index is 0.179. The smallest absolute Gasteiger partial charge is 0.278 e. The minimum Gasteiger partial charge on any atom is -0.497 e. The van der Waals surface area contributed by atoms with Gasteiger partial charge in [0.25, 0.3) is 5.91 Å². The number of amides is 1. The van der Waals surface area contributed by atoms with Gasteiger partial charge >= 0.3 is 0 Å². The third-order valence-electron chi connectivity index (χ3n) is 6.38. The number of fused-ring (bicyclic) bond motifs is 1. The van der Waals surface area contributed by atoms with Gasteiger partial charge in [0.05, 0.1) is 18.5 Å². The number of ether oxygens (including phenoxy) is 1. The Morgan fingerprint density at radius 1 is 1.03 bits per heavy atom. The Hall–Kier alpha value is -4.72. The first-order chi connectivity index (χ1) is 18.2. The molecule has 0 saturated heterocycles. The van der Waals surface area contributed by atoms with Crippen LogP contribution in [0.4, 0.5) is 5.69 Å². The van der Waals surface area contributed by atoms with Gasteiger partial charge in [0.1, 0.15) is 5.75 Å².